The number of methoxy groups -OCH3 is 1. The van der Waals surface area contributed by atoms with Crippen LogP contribution in [0, 0.1) is 16.0 Å². The molecule has 0 amide bonds. The summed E-state index contributed by atoms with van der Waals surface area (Å²) in [6.07, 6.45) is 5.89. The maximum absolute atomic E-state index is 11.2. The van der Waals surface area contributed by atoms with Gasteiger partial charge >= 0.3 is 0 Å². The number of nitro benzene ring substituents is 1. The van der Waals surface area contributed by atoms with E-state index in [4.69, 9.17) is 4.74 Å². The number of fused-ring (bicyclic) bond motifs is 2. The summed E-state index contributed by atoms with van der Waals surface area (Å²) in [4.78, 5) is 13.4. The Morgan fingerprint density at radius 2 is 2.04 bits per heavy atom. The van der Waals surface area contributed by atoms with Gasteiger partial charge in [0.15, 0.2) is 0 Å². The molecular formula is C21H24N2O3. The van der Waals surface area contributed by atoms with Gasteiger partial charge in [-0.1, -0.05) is 25.0 Å². The summed E-state index contributed by atoms with van der Waals surface area (Å²) in [6, 6.07) is 14.1. The van der Waals surface area contributed by atoms with Crippen molar-refractivity contribution >= 4 is 11.4 Å². The highest BCUT2D eigenvalue weighted by atomic mass is 16.6. The average Bonchev–Trinajstić information content (AvgIpc) is 2.67. The maximum Gasteiger partial charge on any atom is 0.269 e. The van der Waals surface area contributed by atoms with Crippen LogP contribution in [0.15, 0.2) is 42.5 Å². The topological polar surface area (TPSA) is 55.6 Å². The first-order chi connectivity index (χ1) is 12.7. The van der Waals surface area contributed by atoms with E-state index in [2.05, 4.69) is 17.0 Å². The van der Waals surface area contributed by atoms with Gasteiger partial charge in [0.1, 0.15) is 5.75 Å². The average molecular weight is 352 g/mol. The summed E-state index contributed by atoms with van der Waals surface area (Å²) in [7, 11) is 1.69. The zero-order valence-corrected chi connectivity index (χ0v) is 15.1. The van der Waals surface area contributed by atoms with Crippen molar-refractivity contribution in [1.82, 2.24) is 0 Å². The molecule has 5 nitrogen and oxygen atoms in total. The van der Waals surface area contributed by atoms with Crippen molar-refractivity contribution in [2.45, 2.75) is 44.7 Å². The van der Waals surface area contributed by atoms with Gasteiger partial charge in [0, 0.05) is 30.4 Å². The molecule has 1 saturated carbocycles. The smallest absolute Gasteiger partial charge is 0.269 e. The van der Waals surface area contributed by atoms with E-state index in [1.165, 1.54) is 31.2 Å². The molecule has 2 aliphatic rings. The number of anilines is 1. The van der Waals surface area contributed by atoms with Gasteiger partial charge in [-0.2, -0.15) is 0 Å². The second-order valence-electron chi connectivity index (χ2n) is 7.37. The van der Waals surface area contributed by atoms with E-state index in [1.54, 1.807) is 19.2 Å². The number of hydrogen-bond donors (Lipinski definition) is 0. The van der Waals surface area contributed by atoms with Crippen LogP contribution in [-0.4, -0.2) is 18.1 Å². The van der Waals surface area contributed by atoms with E-state index in [-0.39, 0.29) is 10.6 Å². The molecule has 5 heteroatoms. The minimum atomic E-state index is -0.292. The quantitative estimate of drug-likeness (QED) is 0.590. The summed E-state index contributed by atoms with van der Waals surface area (Å²) >= 11 is 0. The molecule has 1 fully saturated rings. The third-order valence-corrected chi connectivity index (χ3v) is 5.82. The molecular weight excluding hydrogens is 328 g/mol. The number of nitrogens with zero attached hydrogens (tertiary/aromatic N) is 2. The van der Waals surface area contributed by atoms with Gasteiger partial charge in [0.25, 0.3) is 5.69 Å². The van der Waals surface area contributed by atoms with E-state index < -0.39 is 0 Å². The molecule has 0 saturated heterocycles. The molecule has 1 heterocycles. The molecule has 0 radical (unpaired) electrons. The normalized spacial score (nSPS) is 21.7. The molecule has 26 heavy (non-hydrogen) atoms. The van der Waals surface area contributed by atoms with E-state index in [1.807, 2.05) is 18.2 Å². The number of non-ortho nitro benzene ring substituents is 1. The van der Waals surface area contributed by atoms with Crippen molar-refractivity contribution < 1.29 is 9.66 Å². The fraction of sp³-hybridized carbons (Fsp3) is 0.429. The van der Waals surface area contributed by atoms with Gasteiger partial charge in [-0.3, -0.25) is 10.1 Å². The molecule has 1 aliphatic carbocycles. The number of benzene rings is 2. The first-order valence-electron chi connectivity index (χ1n) is 9.32. The Bertz CT molecular complexity index is 821. The predicted octanol–water partition coefficient (Wildman–Crippen LogP) is 4.72. The van der Waals surface area contributed by atoms with E-state index in [0.29, 0.717) is 12.0 Å². The van der Waals surface area contributed by atoms with E-state index >= 15 is 0 Å². The molecule has 136 valence electrons. The number of rotatable bonds is 4. The van der Waals surface area contributed by atoms with Crippen LogP contribution in [0.4, 0.5) is 11.4 Å². The van der Waals surface area contributed by atoms with E-state index in [9.17, 15) is 10.1 Å². The summed E-state index contributed by atoms with van der Waals surface area (Å²) in [5.74, 6) is 1.45. The first-order valence-corrected chi connectivity index (χ1v) is 9.32. The molecule has 2 aromatic rings. The van der Waals surface area contributed by atoms with Crippen LogP contribution in [0.3, 0.4) is 0 Å². The first kappa shape index (κ1) is 16.9. The summed E-state index contributed by atoms with van der Waals surface area (Å²) in [5.41, 5.74) is 3.67. The predicted molar refractivity (Wildman–Crippen MR) is 102 cm³/mol. The summed E-state index contributed by atoms with van der Waals surface area (Å²) in [6.45, 7) is 0.809. The van der Waals surface area contributed by atoms with Crippen molar-refractivity contribution in [1.29, 1.82) is 0 Å². The van der Waals surface area contributed by atoms with Crippen LogP contribution in [-0.2, 0) is 13.0 Å². The van der Waals surface area contributed by atoms with Crippen LogP contribution in [0.2, 0.25) is 0 Å². The van der Waals surface area contributed by atoms with Crippen LogP contribution in [0.1, 0.15) is 36.8 Å². The summed E-state index contributed by atoms with van der Waals surface area (Å²) < 4.78 is 5.37. The van der Waals surface area contributed by atoms with Gasteiger partial charge in [-0.25, -0.2) is 0 Å². The molecule has 2 aromatic carbocycles. The van der Waals surface area contributed by atoms with Crippen molar-refractivity contribution in [2.75, 3.05) is 12.0 Å². The number of nitro groups is 1. The third kappa shape index (κ3) is 3.14. The SMILES string of the molecule is COc1cccc(CN2c3ccc([N+](=O)[O-])cc3C[C@@H]3CCCC[C@@H]32)c1. The lowest BCUT2D eigenvalue weighted by Gasteiger charge is -2.46. The Morgan fingerprint density at radius 3 is 2.85 bits per heavy atom. The van der Waals surface area contributed by atoms with Gasteiger partial charge < -0.3 is 9.64 Å². The molecule has 0 unspecified atom stereocenters. The molecule has 0 bridgehead atoms. The van der Waals surface area contributed by atoms with Crippen LogP contribution in [0.25, 0.3) is 0 Å². The standard InChI is InChI=1S/C21H24N2O3/c1-26-19-7-4-5-15(11-19)14-22-20-8-3-2-6-16(20)12-17-13-18(23(24)25)9-10-21(17)22/h4-5,7,9-11,13,16,20H,2-3,6,8,12,14H2,1H3/t16-,20-/m0/s1. The minimum absolute atomic E-state index is 0.194. The lowest BCUT2D eigenvalue weighted by atomic mass is 9.76. The molecule has 0 aromatic heterocycles. The zero-order chi connectivity index (χ0) is 18.1. The van der Waals surface area contributed by atoms with Crippen molar-refractivity contribution in [3.63, 3.8) is 0 Å². The van der Waals surface area contributed by atoms with Crippen molar-refractivity contribution in [3.05, 3.63) is 63.7 Å². The fourth-order valence-electron chi connectivity index (χ4n) is 4.60. The minimum Gasteiger partial charge on any atom is -0.497 e. The highest BCUT2D eigenvalue weighted by molar-refractivity contribution is 5.61. The lowest BCUT2D eigenvalue weighted by Crippen LogP contribution is -2.46. The third-order valence-electron chi connectivity index (χ3n) is 5.82. The van der Waals surface area contributed by atoms with Crippen LogP contribution in [0.5, 0.6) is 5.75 Å². The Labute approximate surface area is 153 Å². The van der Waals surface area contributed by atoms with Gasteiger partial charge in [0.05, 0.1) is 12.0 Å². The van der Waals surface area contributed by atoms with Crippen LogP contribution < -0.4 is 9.64 Å². The molecule has 2 atom stereocenters. The summed E-state index contributed by atoms with van der Waals surface area (Å²) in [5, 5.41) is 11.2. The Balaban J connectivity index is 1.71. The zero-order valence-electron chi connectivity index (χ0n) is 15.1. The molecule has 0 N–H and O–H groups in total. The van der Waals surface area contributed by atoms with Crippen molar-refractivity contribution in [3.8, 4) is 5.75 Å². The highest BCUT2D eigenvalue weighted by Crippen LogP contribution is 2.42. The second kappa shape index (κ2) is 6.98. The highest BCUT2D eigenvalue weighted by Gasteiger charge is 2.36. The van der Waals surface area contributed by atoms with Gasteiger partial charge in [-0.05, 0) is 54.5 Å². The lowest BCUT2D eigenvalue weighted by molar-refractivity contribution is -0.384. The number of hydrogen-bond acceptors (Lipinski definition) is 4. The van der Waals surface area contributed by atoms with E-state index in [0.717, 1.165) is 30.0 Å². The van der Waals surface area contributed by atoms with Gasteiger partial charge in [0.2, 0.25) is 0 Å². The molecule has 0 spiro atoms. The fourth-order valence-corrected chi connectivity index (χ4v) is 4.60. The monoisotopic (exact) mass is 352 g/mol. The molecule has 1 aliphatic heterocycles. The second-order valence-corrected chi connectivity index (χ2v) is 7.37. The Hall–Kier alpha value is -2.56. The van der Waals surface area contributed by atoms with Crippen molar-refractivity contribution in [2.24, 2.45) is 5.92 Å². The van der Waals surface area contributed by atoms with Gasteiger partial charge in [-0.15, -0.1) is 0 Å². The largest absolute Gasteiger partial charge is 0.497 e. The number of ether oxygens (including phenoxy) is 1. The maximum atomic E-state index is 11.2. The Morgan fingerprint density at radius 1 is 1.19 bits per heavy atom. The van der Waals surface area contributed by atoms with Crippen LogP contribution >= 0.6 is 0 Å². The molecule has 4 rings (SSSR count). The Kier molecular flexibility index (Phi) is 4.53.